The van der Waals surface area contributed by atoms with E-state index in [0.717, 1.165) is 16.7 Å². The van der Waals surface area contributed by atoms with E-state index in [1.165, 1.54) is 17.0 Å². The van der Waals surface area contributed by atoms with E-state index in [1.54, 1.807) is 19.2 Å². The Balaban J connectivity index is 1.63. The highest BCUT2D eigenvalue weighted by atomic mass is 19.1. The molecule has 0 saturated heterocycles. The summed E-state index contributed by atoms with van der Waals surface area (Å²) >= 11 is 0. The Labute approximate surface area is 201 Å². The fraction of sp³-hybridized carbons (Fsp3) is 0.148. The number of allylic oxidation sites excluding steroid dienone is 1. The quantitative estimate of drug-likeness (QED) is 0.393. The second kappa shape index (κ2) is 9.06. The molecule has 1 N–H and O–H groups in total. The number of amides is 2. The molecule has 1 aliphatic heterocycles. The van der Waals surface area contributed by atoms with Crippen LogP contribution in [-0.2, 0) is 0 Å². The Bertz CT molecular complexity index is 1390. The van der Waals surface area contributed by atoms with E-state index in [9.17, 15) is 9.18 Å². The Kier molecular flexibility index (Phi) is 5.78. The molecule has 35 heavy (non-hydrogen) atoms. The number of nitrogens with one attached hydrogen (secondary N) is 1. The van der Waals surface area contributed by atoms with Crippen LogP contribution in [0.4, 0.5) is 14.9 Å². The van der Waals surface area contributed by atoms with Crippen molar-refractivity contribution in [2.75, 3.05) is 12.0 Å². The Morgan fingerprint density at radius 3 is 2.31 bits per heavy atom. The largest absolute Gasteiger partial charge is 0.497 e. The molecule has 0 aliphatic carbocycles. The summed E-state index contributed by atoms with van der Waals surface area (Å²) in [7, 11) is 1.60. The van der Waals surface area contributed by atoms with Crippen molar-refractivity contribution in [3.8, 4) is 17.1 Å². The molecule has 0 bridgehead atoms. The number of aryl methyl sites for hydroxylation is 1. The van der Waals surface area contributed by atoms with Gasteiger partial charge in [0.05, 0.1) is 24.4 Å². The van der Waals surface area contributed by atoms with Gasteiger partial charge in [0.25, 0.3) is 5.89 Å². The van der Waals surface area contributed by atoms with Gasteiger partial charge in [-0.25, -0.2) is 9.18 Å². The first-order chi connectivity index (χ1) is 16.9. The highest BCUT2D eigenvalue weighted by Crippen LogP contribution is 2.39. The van der Waals surface area contributed by atoms with Gasteiger partial charge in [-0.2, -0.15) is 4.98 Å². The fourth-order valence-corrected chi connectivity index (χ4v) is 4.12. The molecular formula is C27H23FN4O3. The first kappa shape index (κ1) is 22.3. The molecule has 5 rings (SSSR count). The predicted octanol–water partition coefficient (Wildman–Crippen LogP) is 5.89. The summed E-state index contributed by atoms with van der Waals surface area (Å²) in [4.78, 5) is 19.4. The second-order valence-corrected chi connectivity index (χ2v) is 8.26. The maximum atomic E-state index is 13.5. The van der Waals surface area contributed by atoms with Crippen LogP contribution in [0.25, 0.3) is 17.0 Å². The number of hydrogen-bond donors (Lipinski definition) is 1. The van der Waals surface area contributed by atoms with Gasteiger partial charge in [0.15, 0.2) is 0 Å². The van der Waals surface area contributed by atoms with E-state index in [2.05, 4.69) is 15.5 Å². The molecule has 4 aromatic rings. The van der Waals surface area contributed by atoms with Gasteiger partial charge in [-0.05, 0) is 55.8 Å². The summed E-state index contributed by atoms with van der Waals surface area (Å²) in [5.41, 5.74) is 4.53. The van der Waals surface area contributed by atoms with Crippen LogP contribution >= 0.6 is 0 Å². The van der Waals surface area contributed by atoms with E-state index in [1.807, 2.05) is 62.4 Å². The van der Waals surface area contributed by atoms with Crippen molar-refractivity contribution < 1.29 is 18.4 Å². The molecule has 0 spiro atoms. The van der Waals surface area contributed by atoms with Crippen LogP contribution in [0.2, 0.25) is 0 Å². The standard InChI is InChI=1S/C27H23FN4O3/c1-16-4-6-19(7-5-16)25-30-26(35-31-25)23-17(2)32(21-12-10-20(28)11-13-21)27(33)29-24(23)18-8-14-22(34-3)15-9-18/h4-15,24H,1-3H3,(H,29,33). The van der Waals surface area contributed by atoms with E-state index in [0.29, 0.717) is 28.5 Å². The van der Waals surface area contributed by atoms with Gasteiger partial charge in [0.2, 0.25) is 5.82 Å². The first-order valence-electron chi connectivity index (χ1n) is 11.1. The minimum Gasteiger partial charge on any atom is -0.497 e. The van der Waals surface area contributed by atoms with Gasteiger partial charge in [-0.3, -0.25) is 4.90 Å². The van der Waals surface area contributed by atoms with Crippen LogP contribution in [-0.4, -0.2) is 23.3 Å². The molecule has 1 unspecified atom stereocenters. The molecule has 1 aromatic heterocycles. The normalized spacial score (nSPS) is 15.8. The Morgan fingerprint density at radius 1 is 0.971 bits per heavy atom. The maximum Gasteiger partial charge on any atom is 0.326 e. The molecule has 0 radical (unpaired) electrons. The fourth-order valence-electron chi connectivity index (χ4n) is 4.12. The van der Waals surface area contributed by atoms with Gasteiger partial charge in [-0.1, -0.05) is 47.1 Å². The van der Waals surface area contributed by atoms with Crippen molar-refractivity contribution in [3.05, 3.63) is 101 Å². The third-order valence-electron chi connectivity index (χ3n) is 5.98. The van der Waals surface area contributed by atoms with Crippen molar-refractivity contribution in [2.45, 2.75) is 19.9 Å². The number of hydrogen-bond acceptors (Lipinski definition) is 5. The molecular weight excluding hydrogens is 447 g/mol. The lowest BCUT2D eigenvalue weighted by Crippen LogP contribution is -2.46. The predicted molar refractivity (Wildman–Crippen MR) is 130 cm³/mol. The lowest BCUT2D eigenvalue weighted by atomic mass is 9.94. The van der Waals surface area contributed by atoms with Crippen molar-refractivity contribution in [3.63, 3.8) is 0 Å². The van der Waals surface area contributed by atoms with Gasteiger partial charge in [0.1, 0.15) is 11.6 Å². The molecule has 1 atom stereocenters. The zero-order chi connectivity index (χ0) is 24.5. The second-order valence-electron chi connectivity index (χ2n) is 8.26. The van der Waals surface area contributed by atoms with Crippen molar-refractivity contribution in [2.24, 2.45) is 0 Å². The average molecular weight is 471 g/mol. The molecule has 3 aromatic carbocycles. The molecule has 1 aliphatic rings. The summed E-state index contributed by atoms with van der Waals surface area (Å²) in [6.45, 7) is 3.82. The third kappa shape index (κ3) is 4.26. The van der Waals surface area contributed by atoms with Crippen molar-refractivity contribution in [1.29, 1.82) is 0 Å². The van der Waals surface area contributed by atoms with Crippen LogP contribution in [0, 0.1) is 12.7 Å². The number of nitrogens with zero attached hydrogens (tertiary/aromatic N) is 3. The van der Waals surface area contributed by atoms with E-state index in [-0.39, 0.29) is 17.7 Å². The number of carbonyl (C=O) groups excluding carboxylic acids is 1. The monoisotopic (exact) mass is 470 g/mol. The van der Waals surface area contributed by atoms with Crippen LogP contribution in [0.3, 0.4) is 0 Å². The molecule has 2 heterocycles. The molecule has 2 amide bonds. The van der Waals surface area contributed by atoms with Crippen LogP contribution in [0.15, 0.2) is 83.0 Å². The van der Waals surface area contributed by atoms with Crippen LogP contribution < -0.4 is 15.0 Å². The molecule has 7 nitrogen and oxygen atoms in total. The number of ether oxygens (including phenoxy) is 1. The lowest BCUT2D eigenvalue weighted by molar-refractivity contribution is 0.244. The number of carbonyl (C=O) groups is 1. The SMILES string of the molecule is COc1ccc(C2NC(=O)N(c3ccc(F)cc3)C(C)=C2c2nc(-c3ccc(C)cc3)no2)cc1. The third-order valence-corrected chi connectivity index (χ3v) is 5.98. The summed E-state index contributed by atoms with van der Waals surface area (Å²) in [5.74, 6) is 1.04. The van der Waals surface area contributed by atoms with Crippen molar-refractivity contribution in [1.82, 2.24) is 15.5 Å². The summed E-state index contributed by atoms with van der Waals surface area (Å²) < 4.78 is 24.5. The number of aromatic nitrogens is 2. The first-order valence-corrected chi connectivity index (χ1v) is 11.1. The van der Waals surface area contributed by atoms with Crippen LogP contribution in [0.1, 0.15) is 30.0 Å². The maximum absolute atomic E-state index is 13.5. The zero-order valence-corrected chi connectivity index (χ0v) is 19.4. The topological polar surface area (TPSA) is 80.5 Å². The lowest BCUT2D eigenvalue weighted by Gasteiger charge is -2.35. The minimum absolute atomic E-state index is 0.283. The van der Waals surface area contributed by atoms with Gasteiger partial charge in [0, 0.05) is 11.3 Å². The van der Waals surface area contributed by atoms with Crippen LogP contribution in [0.5, 0.6) is 5.75 Å². The van der Waals surface area contributed by atoms with Crippen molar-refractivity contribution >= 4 is 17.3 Å². The number of methoxy groups -OCH3 is 1. The summed E-state index contributed by atoms with van der Waals surface area (Å²) in [6.07, 6.45) is 0. The average Bonchev–Trinajstić information content (AvgIpc) is 3.35. The van der Waals surface area contributed by atoms with Gasteiger partial charge >= 0.3 is 6.03 Å². The van der Waals surface area contributed by atoms with Gasteiger partial charge in [-0.15, -0.1) is 0 Å². The van der Waals surface area contributed by atoms with E-state index in [4.69, 9.17) is 9.26 Å². The number of urea groups is 1. The number of anilines is 1. The highest BCUT2D eigenvalue weighted by molar-refractivity contribution is 6.01. The summed E-state index contributed by atoms with van der Waals surface area (Å²) in [6, 6.07) is 20.1. The number of rotatable bonds is 5. The van der Waals surface area contributed by atoms with Gasteiger partial charge < -0.3 is 14.6 Å². The smallest absolute Gasteiger partial charge is 0.326 e. The zero-order valence-electron chi connectivity index (χ0n) is 19.4. The Hall–Kier alpha value is -4.46. The molecule has 0 fully saturated rings. The van der Waals surface area contributed by atoms with E-state index >= 15 is 0 Å². The Morgan fingerprint density at radius 2 is 1.66 bits per heavy atom. The summed E-state index contributed by atoms with van der Waals surface area (Å²) in [5, 5.41) is 7.22. The number of benzene rings is 3. The van der Waals surface area contributed by atoms with E-state index < -0.39 is 6.04 Å². The molecule has 0 saturated carbocycles. The molecule has 176 valence electrons. The number of halogens is 1. The highest BCUT2D eigenvalue weighted by Gasteiger charge is 2.36. The minimum atomic E-state index is -0.545. The molecule has 8 heteroatoms.